The van der Waals surface area contributed by atoms with Gasteiger partial charge in [-0.2, -0.15) is 11.8 Å². The van der Waals surface area contributed by atoms with Crippen molar-refractivity contribution in [3.63, 3.8) is 0 Å². The monoisotopic (exact) mass is 187 g/mol. The second-order valence-corrected chi connectivity index (χ2v) is 4.20. The second kappa shape index (κ2) is 7.69. The Morgan fingerprint density at radius 3 is 2.58 bits per heavy atom. The standard InChI is InChI=1S/C10H21NS/c1-5-6-7-9(2)11-10(3)8-12-4/h5,9-11H,1,6-8H2,2-4H3. The molecule has 1 nitrogen and oxygen atoms in total. The third-order valence-electron chi connectivity index (χ3n) is 1.79. The summed E-state index contributed by atoms with van der Waals surface area (Å²) in [4.78, 5) is 0. The van der Waals surface area contributed by atoms with Gasteiger partial charge in [0.1, 0.15) is 0 Å². The molecule has 12 heavy (non-hydrogen) atoms. The lowest BCUT2D eigenvalue weighted by Gasteiger charge is -2.18. The largest absolute Gasteiger partial charge is 0.311 e. The van der Waals surface area contributed by atoms with Crippen molar-refractivity contribution in [2.45, 2.75) is 38.8 Å². The quantitative estimate of drug-likeness (QED) is 0.615. The Balaban J connectivity index is 3.39. The third kappa shape index (κ3) is 6.74. The molecule has 0 aliphatic carbocycles. The fourth-order valence-electron chi connectivity index (χ4n) is 1.23. The number of hydrogen-bond acceptors (Lipinski definition) is 2. The van der Waals surface area contributed by atoms with Crippen molar-refractivity contribution < 1.29 is 0 Å². The van der Waals surface area contributed by atoms with Gasteiger partial charge in [-0.1, -0.05) is 6.08 Å². The van der Waals surface area contributed by atoms with Crippen molar-refractivity contribution >= 4 is 11.8 Å². The van der Waals surface area contributed by atoms with E-state index in [0.717, 1.165) is 6.42 Å². The molecule has 0 aromatic heterocycles. The Kier molecular flexibility index (Phi) is 7.72. The van der Waals surface area contributed by atoms with Gasteiger partial charge in [0, 0.05) is 17.8 Å². The van der Waals surface area contributed by atoms with Crippen LogP contribution in [0, 0.1) is 0 Å². The van der Waals surface area contributed by atoms with Crippen LogP contribution in [0.25, 0.3) is 0 Å². The van der Waals surface area contributed by atoms with E-state index in [-0.39, 0.29) is 0 Å². The van der Waals surface area contributed by atoms with E-state index < -0.39 is 0 Å². The zero-order valence-electron chi connectivity index (χ0n) is 8.47. The molecule has 0 saturated carbocycles. The molecular weight excluding hydrogens is 166 g/mol. The summed E-state index contributed by atoms with van der Waals surface area (Å²) in [6.07, 6.45) is 6.44. The van der Waals surface area contributed by atoms with E-state index in [1.165, 1.54) is 12.2 Å². The molecular formula is C10H21NS. The molecule has 0 aliphatic heterocycles. The zero-order chi connectivity index (χ0) is 9.40. The molecule has 0 bridgehead atoms. The molecule has 0 heterocycles. The van der Waals surface area contributed by atoms with Crippen LogP contribution in [0.1, 0.15) is 26.7 Å². The summed E-state index contributed by atoms with van der Waals surface area (Å²) in [6.45, 7) is 8.19. The summed E-state index contributed by atoms with van der Waals surface area (Å²) < 4.78 is 0. The first-order chi connectivity index (χ1) is 5.70. The number of hydrogen-bond donors (Lipinski definition) is 1. The molecule has 0 fully saturated rings. The normalized spacial score (nSPS) is 15.6. The van der Waals surface area contributed by atoms with Gasteiger partial charge in [0.2, 0.25) is 0 Å². The molecule has 1 N–H and O–H groups in total. The Labute approximate surface area is 81.0 Å². The maximum atomic E-state index is 3.72. The van der Waals surface area contributed by atoms with Gasteiger partial charge in [-0.15, -0.1) is 6.58 Å². The van der Waals surface area contributed by atoms with Crippen LogP contribution in [0.4, 0.5) is 0 Å². The number of thioether (sulfide) groups is 1. The second-order valence-electron chi connectivity index (χ2n) is 3.29. The Morgan fingerprint density at radius 2 is 2.08 bits per heavy atom. The van der Waals surface area contributed by atoms with Gasteiger partial charge >= 0.3 is 0 Å². The summed E-state index contributed by atoms with van der Waals surface area (Å²) in [5, 5.41) is 3.55. The molecule has 0 spiro atoms. The highest BCUT2D eigenvalue weighted by Crippen LogP contribution is 2.01. The van der Waals surface area contributed by atoms with Crippen molar-refractivity contribution in [2.24, 2.45) is 0 Å². The summed E-state index contributed by atoms with van der Waals surface area (Å²) in [6, 6.07) is 1.24. The highest BCUT2D eigenvalue weighted by molar-refractivity contribution is 7.98. The van der Waals surface area contributed by atoms with Crippen LogP contribution in [0.15, 0.2) is 12.7 Å². The van der Waals surface area contributed by atoms with E-state index in [1.807, 2.05) is 17.8 Å². The lowest BCUT2D eigenvalue weighted by molar-refractivity contribution is 0.472. The summed E-state index contributed by atoms with van der Waals surface area (Å²) in [7, 11) is 0. The molecule has 2 unspecified atom stereocenters. The van der Waals surface area contributed by atoms with E-state index >= 15 is 0 Å². The first-order valence-corrected chi connectivity index (χ1v) is 5.96. The van der Waals surface area contributed by atoms with Gasteiger partial charge in [-0.3, -0.25) is 0 Å². The first kappa shape index (κ1) is 12.0. The summed E-state index contributed by atoms with van der Waals surface area (Å²) >= 11 is 1.89. The summed E-state index contributed by atoms with van der Waals surface area (Å²) in [5.41, 5.74) is 0. The lowest BCUT2D eigenvalue weighted by atomic mass is 10.1. The molecule has 72 valence electrons. The van der Waals surface area contributed by atoms with Crippen molar-refractivity contribution in [3.05, 3.63) is 12.7 Å². The van der Waals surface area contributed by atoms with Crippen molar-refractivity contribution in [1.29, 1.82) is 0 Å². The minimum absolute atomic E-state index is 0.616. The lowest BCUT2D eigenvalue weighted by Crippen LogP contribution is -2.35. The van der Waals surface area contributed by atoms with E-state index in [1.54, 1.807) is 0 Å². The van der Waals surface area contributed by atoms with E-state index in [9.17, 15) is 0 Å². The van der Waals surface area contributed by atoms with Gasteiger partial charge in [-0.05, 0) is 32.9 Å². The number of allylic oxidation sites excluding steroid dienone is 1. The maximum Gasteiger partial charge on any atom is 0.0132 e. The highest BCUT2D eigenvalue weighted by Gasteiger charge is 2.04. The van der Waals surface area contributed by atoms with Gasteiger partial charge in [0.05, 0.1) is 0 Å². The topological polar surface area (TPSA) is 12.0 Å². The average Bonchev–Trinajstić information content (AvgIpc) is 2.01. The minimum atomic E-state index is 0.616. The van der Waals surface area contributed by atoms with E-state index in [0.29, 0.717) is 12.1 Å². The molecule has 0 radical (unpaired) electrons. The molecule has 0 saturated heterocycles. The van der Waals surface area contributed by atoms with Crippen molar-refractivity contribution in [2.75, 3.05) is 12.0 Å². The summed E-state index contributed by atoms with van der Waals surface area (Å²) in [5.74, 6) is 1.19. The fourth-order valence-corrected chi connectivity index (χ4v) is 1.83. The van der Waals surface area contributed by atoms with Gasteiger partial charge < -0.3 is 5.32 Å². The van der Waals surface area contributed by atoms with E-state index in [2.05, 4.69) is 32.0 Å². The Hall–Kier alpha value is 0.0500. The average molecular weight is 187 g/mol. The van der Waals surface area contributed by atoms with Crippen LogP contribution in [-0.4, -0.2) is 24.1 Å². The molecule has 2 heteroatoms. The predicted octanol–water partition coefficient (Wildman–Crippen LogP) is 2.68. The minimum Gasteiger partial charge on any atom is -0.311 e. The van der Waals surface area contributed by atoms with Crippen LogP contribution in [0.2, 0.25) is 0 Å². The van der Waals surface area contributed by atoms with Crippen LogP contribution in [0.5, 0.6) is 0 Å². The van der Waals surface area contributed by atoms with Gasteiger partial charge in [-0.25, -0.2) is 0 Å². The Bertz CT molecular complexity index is 114. The maximum absolute atomic E-state index is 3.72. The van der Waals surface area contributed by atoms with Gasteiger partial charge in [0.25, 0.3) is 0 Å². The fraction of sp³-hybridized carbons (Fsp3) is 0.800. The van der Waals surface area contributed by atoms with Crippen LogP contribution in [0.3, 0.4) is 0 Å². The third-order valence-corrected chi connectivity index (χ3v) is 2.62. The van der Waals surface area contributed by atoms with Crippen LogP contribution in [-0.2, 0) is 0 Å². The molecule has 0 aromatic carbocycles. The molecule has 0 rings (SSSR count). The molecule has 0 amide bonds. The molecule has 2 atom stereocenters. The highest BCUT2D eigenvalue weighted by atomic mass is 32.2. The van der Waals surface area contributed by atoms with Crippen LogP contribution >= 0.6 is 11.8 Å². The Morgan fingerprint density at radius 1 is 1.42 bits per heavy atom. The predicted molar refractivity (Wildman–Crippen MR) is 59.9 cm³/mol. The van der Waals surface area contributed by atoms with Crippen molar-refractivity contribution in [3.8, 4) is 0 Å². The SMILES string of the molecule is C=CCCC(C)NC(C)CSC. The first-order valence-electron chi connectivity index (χ1n) is 4.56. The van der Waals surface area contributed by atoms with Crippen LogP contribution < -0.4 is 5.32 Å². The zero-order valence-corrected chi connectivity index (χ0v) is 9.29. The smallest absolute Gasteiger partial charge is 0.0132 e. The van der Waals surface area contributed by atoms with Crippen molar-refractivity contribution in [1.82, 2.24) is 5.32 Å². The van der Waals surface area contributed by atoms with E-state index in [4.69, 9.17) is 0 Å². The molecule has 0 aliphatic rings. The number of nitrogens with one attached hydrogen (secondary N) is 1. The van der Waals surface area contributed by atoms with Gasteiger partial charge in [0.15, 0.2) is 0 Å². The molecule has 0 aromatic rings. The number of rotatable bonds is 7.